The second kappa shape index (κ2) is 10.8. The fourth-order valence-electron chi connectivity index (χ4n) is 4.14. The van der Waals surface area contributed by atoms with Gasteiger partial charge in [0.05, 0.1) is 12.1 Å². The molecule has 0 bridgehead atoms. The number of aromatic nitrogens is 5. The van der Waals surface area contributed by atoms with Gasteiger partial charge in [0.15, 0.2) is 11.2 Å². The number of nitrogens with one attached hydrogen (secondary N) is 2. The van der Waals surface area contributed by atoms with Gasteiger partial charge in [0.2, 0.25) is 0 Å². The minimum Gasteiger partial charge on any atom is -0.324 e. The number of urea groups is 1. The highest BCUT2D eigenvalue weighted by Crippen LogP contribution is 2.30. The highest BCUT2D eigenvalue weighted by atomic mass is 35.5. The Morgan fingerprint density at radius 2 is 1.86 bits per heavy atom. The molecule has 0 atom stereocenters. The van der Waals surface area contributed by atoms with E-state index in [1.54, 1.807) is 11.0 Å². The molecular formula is C24H25ClF3N7O2. The fraction of sp³-hybridized carbons (Fsp3) is 0.375. The van der Waals surface area contributed by atoms with Crippen molar-refractivity contribution >= 4 is 34.5 Å². The van der Waals surface area contributed by atoms with Crippen LogP contribution in [0.15, 0.2) is 51.8 Å². The Hall–Kier alpha value is -3.67. The number of alkyl halides is 3. The summed E-state index contributed by atoms with van der Waals surface area (Å²) in [6, 6.07) is 3.88. The topological polar surface area (TPSA) is 109 Å². The van der Waals surface area contributed by atoms with E-state index in [0.29, 0.717) is 49.0 Å². The summed E-state index contributed by atoms with van der Waals surface area (Å²) >= 11 is 6.26. The zero-order chi connectivity index (χ0) is 26.7. The van der Waals surface area contributed by atoms with Crippen LogP contribution in [0.5, 0.6) is 0 Å². The van der Waals surface area contributed by atoms with Gasteiger partial charge in [-0.05, 0) is 56.5 Å². The summed E-state index contributed by atoms with van der Waals surface area (Å²) in [5.74, 6) is 0.388. The number of halogens is 4. The molecule has 1 aliphatic rings. The number of amides is 2. The maximum atomic E-state index is 12.7. The number of hydrogen-bond acceptors (Lipinski definition) is 5. The quantitative estimate of drug-likeness (QED) is 0.445. The number of carbonyl (C=O) groups is 1. The second-order valence-corrected chi connectivity index (χ2v) is 8.99. The highest BCUT2D eigenvalue weighted by Gasteiger charge is 2.30. The molecule has 3 heterocycles. The van der Waals surface area contributed by atoms with Gasteiger partial charge in [-0.3, -0.25) is 4.79 Å². The third-order valence-corrected chi connectivity index (χ3v) is 6.71. The molecule has 196 valence electrons. The normalized spacial score (nSPS) is 15.9. The van der Waals surface area contributed by atoms with E-state index in [1.807, 2.05) is 19.9 Å². The molecule has 0 aliphatic carbocycles. The van der Waals surface area contributed by atoms with Crippen LogP contribution in [-0.2, 0) is 12.7 Å². The molecular weight excluding hydrogens is 511 g/mol. The average Bonchev–Trinajstić information content (AvgIpc) is 3.29. The van der Waals surface area contributed by atoms with Crippen molar-refractivity contribution in [3.05, 3.63) is 68.8 Å². The molecule has 2 amide bonds. The molecule has 3 aromatic rings. The van der Waals surface area contributed by atoms with Crippen molar-refractivity contribution in [1.29, 1.82) is 0 Å². The minimum atomic E-state index is -4.44. The number of carbonyl (C=O) groups excluding carboxylic acids is 1. The van der Waals surface area contributed by atoms with Gasteiger partial charge in [-0.25, -0.2) is 14.5 Å². The molecule has 1 aliphatic heterocycles. The summed E-state index contributed by atoms with van der Waals surface area (Å²) < 4.78 is 39.8. The Morgan fingerprint density at radius 3 is 2.46 bits per heavy atom. The van der Waals surface area contributed by atoms with Crippen LogP contribution in [-0.4, -0.2) is 49.0 Å². The highest BCUT2D eigenvalue weighted by molar-refractivity contribution is 6.31. The van der Waals surface area contributed by atoms with E-state index in [9.17, 15) is 22.8 Å². The molecule has 13 heteroatoms. The molecule has 1 saturated heterocycles. The smallest absolute Gasteiger partial charge is 0.324 e. The third-order valence-electron chi connectivity index (χ3n) is 6.25. The van der Waals surface area contributed by atoms with Crippen LogP contribution in [0, 0.1) is 0 Å². The van der Waals surface area contributed by atoms with Crippen LogP contribution in [0.3, 0.4) is 0 Å². The van der Waals surface area contributed by atoms with E-state index >= 15 is 0 Å². The number of H-pyrrole nitrogens is 1. The number of piperidine rings is 1. The molecule has 0 saturated carbocycles. The lowest BCUT2D eigenvalue weighted by molar-refractivity contribution is -0.137. The first kappa shape index (κ1) is 26.4. The first-order chi connectivity index (χ1) is 17.6. The van der Waals surface area contributed by atoms with Crippen LogP contribution in [0.4, 0.5) is 23.7 Å². The number of aromatic amines is 1. The Labute approximate surface area is 215 Å². The van der Waals surface area contributed by atoms with Crippen molar-refractivity contribution in [2.45, 2.75) is 45.3 Å². The SMILES string of the molecule is CC=C(Cl)C(=CC)Cn1nnc2c(=O)[nH]c(C3CCN(C(=O)Nc4ccc(C(F)(F)F)cc4)CC3)nc21. The van der Waals surface area contributed by atoms with Crippen molar-refractivity contribution in [3.8, 4) is 0 Å². The monoisotopic (exact) mass is 535 g/mol. The van der Waals surface area contributed by atoms with E-state index in [1.165, 1.54) is 16.8 Å². The molecule has 0 radical (unpaired) electrons. The molecule has 2 aromatic heterocycles. The number of nitrogens with zero attached hydrogens (tertiary/aromatic N) is 5. The predicted octanol–water partition coefficient (Wildman–Crippen LogP) is 5.03. The molecule has 2 N–H and O–H groups in total. The van der Waals surface area contributed by atoms with Crippen molar-refractivity contribution in [3.63, 3.8) is 0 Å². The van der Waals surface area contributed by atoms with Crippen LogP contribution in [0.2, 0.25) is 0 Å². The first-order valence-corrected chi connectivity index (χ1v) is 12.0. The molecule has 0 unspecified atom stereocenters. The van der Waals surface area contributed by atoms with Gasteiger partial charge in [-0.15, -0.1) is 5.10 Å². The fourth-order valence-corrected chi connectivity index (χ4v) is 4.30. The lowest BCUT2D eigenvalue weighted by Crippen LogP contribution is -2.41. The van der Waals surface area contributed by atoms with Gasteiger partial charge in [0, 0.05) is 29.7 Å². The Balaban J connectivity index is 1.44. The lowest BCUT2D eigenvalue weighted by atomic mass is 9.96. The number of rotatable bonds is 5. The van der Waals surface area contributed by atoms with Crippen LogP contribution >= 0.6 is 11.6 Å². The van der Waals surface area contributed by atoms with Gasteiger partial charge < -0.3 is 15.2 Å². The zero-order valence-corrected chi connectivity index (χ0v) is 20.9. The molecule has 1 fully saturated rings. The van der Waals surface area contributed by atoms with E-state index in [2.05, 4.69) is 25.6 Å². The van der Waals surface area contributed by atoms with Crippen molar-refractivity contribution < 1.29 is 18.0 Å². The standard InChI is InChI=1S/C24H25ClF3N7O2/c1-3-14(18(25)4-2)13-35-21-19(32-33-35)22(36)31-20(30-21)15-9-11-34(12-10-15)23(37)29-17-7-5-16(6-8-17)24(26,27)28/h3-8,15H,9-13H2,1-2H3,(H,29,37)(H,30,31,36). The predicted molar refractivity (Wildman–Crippen MR) is 133 cm³/mol. The Kier molecular flexibility index (Phi) is 7.67. The van der Waals surface area contributed by atoms with Crippen LogP contribution < -0.4 is 10.9 Å². The van der Waals surface area contributed by atoms with Crippen molar-refractivity contribution in [1.82, 2.24) is 29.9 Å². The summed E-state index contributed by atoms with van der Waals surface area (Å²) in [5.41, 5.74) is 0.384. The average molecular weight is 536 g/mol. The van der Waals surface area contributed by atoms with Crippen molar-refractivity contribution in [2.75, 3.05) is 18.4 Å². The molecule has 37 heavy (non-hydrogen) atoms. The third kappa shape index (κ3) is 5.85. The van der Waals surface area contributed by atoms with E-state index in [-0.39, 0.29) is 17.1 Å². The summed E-state index contributed by atoms with van der Waals surface area (Å²) in [6.07, 6.45) is 0.269. The second-order valence-electron chi connectivity index (χ2n) is 8.59. The van der Waals surface area contributed by atoms with Crippen molar-refractivity contribution in [2.24, 2.45) is 0 Å². The molecule has 1 aromatic carbocycles. The van der Waals surface area contributed by atoms with Gasteiger partial charge in [0.25, 0.3) is 5.56 Å². The number of allylic oxidation sites excluding steroid dienone is 4. The van der Waals surface area contributed by atoms with Gasteiger partial charge >= 0.3 is 12.2 Å². The number of benzene rings is 1. The van der Waals surface area contributed by atoms with E-state index < -0.39 is 23.3 Å². The summed E-state index contributed by atoms with van der Waals surface area (Å²) in [6.45, 7) is 4.75. The maximum Gasteiger partial charge on any atom is 0.416 e. The molecule has 0 spiro atoms. The zero-order valence-electron chi connectivity index (χ0n) is 20.1. The first-order valence-electron chi connectivity index (χ1n) is 11.6. The number of anilines is 1. The summed E-state index contributed by atoms with van der Waals surface area (Å²) in [5, 5.41) is 11.2. The molecule has 9 nitrogen and oxygen atoms in total. The largest absolute Gasteiger partial charge is 0.416 e. The van der Waals surface area contributed by atoms with Crippen LogP contribution in [0.1, 0.15) is 44.0 Å². The van der Waals surface area contributed by atoms with Gasteiger partial charge in [-0.2, -0.15) is 13.2 Å². The maximum absolute atomic E-state index is 12.7. The number of hydrogen-bond donors (Lipinski definition) is 2. The molecule has 4 rings (SSSR count). The summed E-state index contributed by atoms with van der Waals surface area (Å²) in [4.78, 5) is 34.3. The van der Waals surface area contributed by atoms with Crippen LogP contribution in [0.25, 0.3) is 11.2 Å². The Bertz CT molecular complexity index is 1400. The Morgan fingerprint density at radius 1 is 1.19 bits per heavy atom. The van der Waals surface area contributed by atoms with E-state index in [0.717, 1.165) is 17.7 Å². The lowest BCUT2D eigenvalue weighted by Gasteiger charge is -2.31. The van der Waals surface area contributed by atoms with E-state index in [4.69, 9.17) is 11.6 Å². The number of fused-ring (bicyclic) bond motifs is 1. The summed E-state index contributed by atoms with van der Waals surface area (Å²) in [7, 11) is 0. The van der Waals surface area contributed by atoms with Gasteiger partial charge in [-0.1, -0.05) is 29.0 Å². The minimum absolute atomic E-state index is 0.101. The van der Waals surface area contributed by atoms with Gasteiger partial charge in [0.1, 0.15) is 5.82 Å². The number of likely N-dealkylation sites (tertiary alicyclic amines) is 1.